The summed E-state index contributed by atoms with van der Waals surface area (Å²) in [7, 11) is 0. The topological polar surface area (TPSA) is 64.0 Å². The van der Waals surface area contributed by atoms with Gasteiger partial charge in [-0.15, -0.1) is 0 Å². The van der Waals surface area contributed by atoms with E-state index in [0.717, 1.165) is 32.5 Å². The van der Waals surface area contributed by atoms with Crippen molar-refractivity contribution in [2.24, 2.45) is 11.8 Å². The number of hydrogen-bond acceptors (Lipinski definition) is 4. The number of amides is 1. The Balaban J connectivity index is 1.41. The Bertz CT molecular complexity index is 543. The summed E-state index contributed by atoms with van der Waals surface area (Å²) >= 11 is 0. The molecule has 3 rings (SSSR count). The molecule has 2 fully saturated rings. The molecule has 0 radical (unpaired) electrons. The molecule has 2 aliphatic heterocycles. The zero-order valence-corrected chi connectivity index (χ0v) is 14.9. The Morgan fingerprint density at radius 3 is 2.44 bits per heavy atom. The van der Waals surface area contributed by atoms with Gasteiger partial charge in [-0.05, 0) is 43.8 Å². The van der Waals surface area contributed by atoms with Crippen LogP contribution in [0.25, 0.3) is 0 Å². The van der Waals surface area contributed by atoms with E-state index >= 15 is 0 Å². The molecule has 138 valence electrons. The molecule has 0 spiro atoms. The average Bonchev–Trinajstić information content (AvgIpc) is 2.64. The van der Waals surface area contributed by atoms with Crippen LogP contribution in [0.4, 0.5) is 0 Å². The highest BCUT2D eigenvalue weighted by molar-refractivity contribution is 5.76. The summed E-state index contributed by atoms with van der Waals surface area (Å²) in [5.41, 5.74) is 1.35. The highest BCUT2D eigenvalue weighted by Gasteiger charge is 2.31. The Labute approximate surface area is 150 Å². The highest BCUT2D eigenvalue weighted by atomic mass is 16.3. The number of aliphatic hydroxyl groups excluding tert-OH is 2. The number of carbonyl (C=O) groups is 1. The lowest BCUT2D eigenvalue weighted by atomic mass is 9.91. The van der Waals surface area contributed by atoms with Crippen molar-refractivity contribution in [1.29, 1.82) is 0 Å². The van der Waals surface area contributed by atoms with Gasteiger partial charge in [-0.3, -0.25) is 9.69 Å². The summed E-state index contributed by atoms with van der Waals surface area (Å²) in [6.07, 6.45) is 2.83. The first kappa shape index (κ1) is 18.4. The van der Waals surface area contributed by atoms with Crippen LogP contribution in [0.3, 0.4) is 0 Å². The normalized spacial score (nSPS) is 25.9. The molecular formula is C20H30N2O3. The maximum Gasteiger partial charge on any atom is 0.222 e. The number of piperidine rings is 2. The number of aliphatic hydroxyl groups is 2. The monoisotopic (exact) mass is 346 g/mol. The molecule has 0 bridgehead atoms. The van der Waals surface area contributed by atoms with E-state index in [4.69, 9.17) is 0 Å². The molecule has 1 aromatic rings. The van der Waals surface area contributed by atoms with Crippen LogP contribution < -0.4 is 0 Å². The van der Waals surface area contributed by atoms with Gasteiger partial charge in [-0.25, -0.2) is 0 Å². The molecule has 1 amide bonds. The fourth-order valence-electron chi connectivity index (χ4n) is 3.99. The van der Waals surface area contributed by atoms with Crippen molar-refractivity contribution in [1.82, 2.24) is 9.80 Å². The first-order valence-corrected chi connectivity index (χ1v) is 9.48. The minimum Gasteiger partial charge on any atom is -0.396 e. The van der Waals surface area contributed by atoms with Gasteiger partial charge in [0.05, 0.1) is 6.10 Å². The van der Waals surface area contributed by atoms with Crippen molar-refractivity contribution in [3.63, 3.8) is 0 Å². The van der Waals surface area contributed by atoms with Crippen molar-refractivity contribution in [3.8, 4) is 0 Å². The third-order valence-electron chi connectivity index (χ3n) is 5.73. The number of likely N-dealkylation sites (tertiary alicyclic amines) is 2. The van der Waals surface area contributed by atoms with E-state index in [1.54, 1.807) is 4.90 Å². The standard InChI is InChI=1S/C20H30N2O3/c23-15-18-8-11-22(14-19(18)24)20(25)12-16-6-9-21(10-7-16)13-17-4-2-1-3-5-17/h1-5,16,18-19,23-24H,6-15H2/t18-,19-/m1/s1. The van der Waals surface area contributed by atoms with Crippen LogP contribution in [0.15, 0.2) is 30.3 Å². The number of nitrogens with zero attached hydrogens (tertiary/aromatic N) is 2. The van der Waals surface area contributed by atoms with Gasteiger partial charge < -0.3 is 15.1 Å². The highest BCUT2D eigenvalue weighted by Crippen LogP contribution is 2.24. The van der Waals surface area contributed by atoms with Crippen LogP contribution in [-0.4, -0.2) is 64.8 Å². The van der Waals surface area contributed by atoms with Gasteiger partial charge in [0.1, 0.15) is 0 Å². The smallest absolute Gasteiger partial charge is 0.222 e. The number of carbonyl (C=O) groups excluding carboxylic acids is 1. The molecule has 2 atom stereocenters. The van der Waals surface area contributed by atoms with Crippen LogP contribution in [0.5, 0.6) is 0 Å². The second kappa shape index (κ2) is 8.79. The Kier molecular flexibility index (Phi) is 6.45. The van der Waals surface area contributed by atoms with Crippen molar-refractivity contribution in [2.75, 3.05) is 32.8 Å². The maximum absolute atomic E-state index is 12.5. The molecule has 5 heteroatoms. The van der Waals surface area contributed by atoms with Crippen LogP contribution >= 0.6 is 0 Å². The fourth-order valence-corrected chi connectivity index (χ4v) is 3.99. The zero-order valence-electron chi connectivity index (χ0n) is 14.9. The molecule has 2 heterocycles. The van der Waals surface area contributed by atoms with Gasteiger partial charge in [-0.2, -0.15) is 0 Å². The molecular weight excluding hydrogens is 316 g/mol. The van der Waals surface area contributed by atoms with Gasteiger partial charge in [-0.1, -0.05) is 30.3 Å². The second-order valence-corrected chi connectivity index (χ2v) is 7.55. The van der Waals surface area contributed by atoms with E-state index in [1.165, 1.54) is 5.56 Å². The third-order valence-corrected chi connectivity index (χ3v) is 5.73. The lowest BCUT2D eigenvalue weighted by Crippen LogP contribution is -2.48. The molecule has 1 aromatic carbocycles. The SMILES string of the molecule is O=C(CC1CCN(Cc2ccccc2)CC1)N1CC[C@H](CO)[C@H](O)C1. The van der Waals surface area contributed by atoms with E-state index in [1.807, 2.05) is 6.07 Å². The Hall–Kier alpha value is -1.43. The average molecular weight is 346 g/mol. The predicted molar refractivity (Wildman–Crippen MR) is 96.8 cm³/mol. The van der Waals surface area contributed by atoms with E-state index in [9.17, 15) is 15.0 Å². The predicted octanol–water partition coefficient (Wildman–Crippen LogP) is 1.49. The van der Waals surface area contributed by atoms with E-state index in [2.05, 4.69) is 29.2 Å². The molecule has 25 heavy (non-hydrogen) atoms. The van der Waals surface area contributed by atoms with Gasteiger partial charge in [0.15, 0.2) is 0 Å². The van der Waals surface area contributed by atoms with Gasteiger partial charge >= 0.3 is 0 Å². The maximum atomic E-state index is 12.5. The van der Waals surface area contributed by atoms with Crippen molar-refractivity contribution in [3.05, 3.63) is 35.9 Å². The van der Waals surface area contributed by atoms with Crippen LogP contribution in [0.1, 0.15) is 31.2 Å². The minimum absolute atomic E-state index is 0.00305. The molecule has 0 unspecified atom stereocenters. The van der Waals surface area contributed by atoms with Gasteiger partial charge in [0.2, 0.25) is 5.91 Å². The minimum atomic E-state index is -0.588. The summed E-state index contributed by atoms with van der Waals surface area (Å²) in [6.45, 7) is 4.11. The summed E-state index contributed by atoms with van der Waals surface area (Å²) < 4.78 is 0. The van der Waals surface area contributed by atoms with E-state index < -0.39 is 6.10 Å². The quantitative estimate of drug-likeness (QED) is 0.848. The number of hydrogen-bond donors (Lipinski definition) is 2. The molecule has 2 aliphatic rings. The summed E-state index contributed by atoms with van der Waals surface area (Å²) in [5.74, 6) is 0.537. The van der Waals surface area contributed by atoms with Crippen LogP contribution in [0.2, 0.25) is 0 Å². The van der Waals surface area contributed by atoms with Gasteiger partial charge in [0, 0.05) is 38.6 Å². The number of benzene rings is 1. The second-order valence-electron chi connectivity index (χ2n) is 7.55. The molecule has 2 N–H and O–H groups in total. The van der Waals surface area contributed by atoms with E-state index in [0.29, 0.717) is 31.8 Å². The van der Waals surface area contributed by atoms with Crippen LogP contribution in [-0.2, 0) is 11.3 Å². The van der Waals surface area contributed by atoms with Crippen LogP contribution in [0, 0.1) is 11.8 Å². The number of rotatable bonds is 5. The fraction of sp³-hybridized carbons (Fsp3) is 0.650. The summed E-state index contributed by atoms with van der Waals surface area (Å²) in [6, 6.07) is 10.5. The summed E-state index contributed by atoms with van der Waals surface area (Å²) in [5, 5.41) is 19.2. The van der Waals surface area contributed by atoms with Crippen molar-refractivity contribution in [2.45, 2.75) is 38.3 Å². The van der Waals surface area contributed by atoms with E-state index in [-0.39, 0.29) is 18.4 Å². The molecule has 0 aliphatic carbocycles. The lowest BCUT2D eigenvalue weighted by molar-refractivity contribution is -0.137. The largest absolute Gasteiger partial charge is 0.396 e. The molecule has 0 aromatic heterocycles. The van der Waals surface area contributed by atoms with Crippen molar-refractivity contribution < 1.29 is 15.0 Å². The van der Waals surface area contributed by atoms with Gasteiger partial charge in [0.25, 0.3) is 0 Å². The summed E-state index contributed by atoms with van der Waals surface area (Å²) in [4.78, 5) is 16.8. The zero-order chi connectivity index (χ0) is 17.6. The number of β-amino-alcohol motifs (C(OH)–C–C–N with tert-alkyl or cyclic N) is 1. The third kappa shape index (κ3) is 5.03. The first-order chi connectivity index (χ1) is 12.2. The Morgan fingerprint density at radius 1 is 1.08 bits per heavy atom. The lowest BCUT2D eigenvalue weighted by Gasteiger charge is -2.37. The molecule has 0 saturated carbocycles. The molecule has 2 saturated heterocycles. The first-order valence-electron chi connectivity index (χ1n) is 9.48. The van der Waals surface area contributed by atoms with Crippen molar-refractivity contribution >= 4 is 5.91 Å². The molecule has 5 nitrogen and oxygen atoms in total. The Morgan fingerprint density at radius 2 is 1.80 bits per heavy atom.